The number of benzene rings is 1. The first-order chi connectivity index (χ1) is 11.9. The summed E-state index contributed by atoms with van der Waals surface area (Å²) in [4.78, 5) is 38.2. The summed E-state index contributed by atoms with van der Waals surface area (Å²) in [5.41, 5.74) is 0.797. The van der Waals surface area contributed by atoms with Crippen molar-refractivity contribution >= 4 is 17.8 Å². The zero-order chi connectivity index (χ0) is 18.0. The number of carboxylic acids is 1. The van der Waals surface area contributed by atoms with Gasteiger partial charge >= 0.3 is 5.97 Å². The summed E-state index contributed by atoms with van der Waals surface area (Å²) < 4.78 is 18.6. The van der Waals surface area contributed by atoms with Gasteiger partial charge in [-0.3, -0.25) is 14.4 Å². The molecule has 2 heterocycles. The molecule has 0 aromatic heterocycles. The van der Waals surface area contributed by atoms with Gasteiger partial charge in [0.15, 0.2) is 0 Å². The predicted octanol–water partition coefficient (Wildman–Crippen LogP) is 0.629. The maximum atomic E-state index is 13.0. The van der Waals surface area contributed by atoms with Crippen LogP contribution in [0, 0.1) is 5.82 Å². The molecule has 0 saturated carbocycles. The van der Waals surface area contributed by atoms with Crippen molar-refractivity contribution in [1.82, 2.24) is 9.80 Å². The number of carboxylic acid groups (broad SMARTS) is 1. The van der Waals surface area contributed by atoms with E-state index in [0.29, 0.717) is 19.6 Å². The van der Waals surface area contributed by atoms with E-state index in [4.69, 9.17) is 9.84 Å². The molecule has 1 N–H and O–H groups in total. The second-order valence-corrected chi connectivity index (χ2v) is 6.26. The van der Waals surface area contributed by atoms with Crippen molar-refractivity contribution < 1.29 is 28.6 Å². The number of fused-ring (bicyclic) bond motifs is 1. The first kappa shape index (κ1) is 17.3. The lowest BCUT2D eigenvalue weighted by Gasteiger charge is -2.36. The average Bonchev–Trinajstić information content (AvgIpc) is 3.01. The van der Waals surface area contributed by atoms with Gasteiger partial charge in [0, 0.05) is 26.1 Å². The van der Waals surface area contributed by atoms with E-state index in [1.807, 2.05) is 0 Å². The van der Waals surface area contributed by atoms with Gasteiger partial charge in [-0.2, -0.15) is 0 Å². The van der Waals surface area contributed by atoms with Crippen LogP contribution in [-0.2, 0) is 25.7 Å². The third-order valence-electron chi connectivity index (χ3n) is 4.55. The second-order valence-electron chi connectivity index (χ2n) is 6.26. The van der Waals surface area contributed by atoms with Crippen molar-refractivity contribution in [2.24, 2.45) is 0 Å². The highest BCUT2D eigenvalue weighted by Crippen LogP contribution is 2.26. The normalized spacial score (nSPS) is 22.8. The molecule has 3 rings (SSSR count). The van der Waals surface area contributed by atoms with Crippen LogP contribution in [0.15, 0.2) is 24.3 Å². The highest BCUT2D eigenvalue weighted by atomic mass is 19.1. The van der Waals surface area contributed by atoms with Crippen LogP contribution >= 0.6 is 0 Å². The molecule has 2 fully saturated rings. The number of ether oxygens (including phenoxy) is 1. The Labute approximate surface area is 144 Å². The van der Waals surface area contributed by atoms with E-state index >= 15 is 0 Å². The molecular weight excluding hydrogens is 331 g/mol. The Kier molecular flexibility index (Phi) is 4.98. The van der Waals surface area contributed by atoms with E-state index < -0.39 is 5.97 Å². The van der Waals surface area contributed by atoms with Gasteiger partial charge in [0.2, 0.25) is 11.8 Å². The summed E-state index contributed by atoms with van der Waals surface area (Å²) in [6, 6.07) is 5.65. The van der Waals surface area contributed by atoms with Gasteiger partial charge in [-0.05, 0) is 17.7 Å². The third kappa shape index (κ3) is 3.96. The Morgan fingerprint density at radius 3 is 2.60 bits per heavy atom. The van der Waals surface area contributed by atoms with Crippen molar-refractivity contribution in [3.63, 3.8) is 0 Å². The van der Waals surface area contributed by atoms with Gasteiger partial charge in [-0.25, -0.2) is 4.39 Å². The molecule has 8 heteroatoms. The topological polar surface area (TPSA) is 87.1 Å². The molecular formula is C17H19FN2O5. The molecule has 25 heavy (non-hydrogen) atoms. The number of rotatable bonds is 5. The molecule has 0 spiro atoms. The Balaban J connectivity index is 1.67. The number of morpholine rings is 1. The quantitative estimate of drug-likeness (QED) is 0.842. The number of halogens is 1. The summed E-state index contributed by atoms with van der Waals surface area (Å²) in [5.74, 6) is -1.79. The Morgan fingerprint density at radius 1 is 1.20 bits per heavy atom. The van der Waals surface area contributed by atoms with Crippen LogP contribution in [0.25, 0.3) is 0 Å². The summed E-state index contributed by atoms with van der Waals surface area (Å²) in [7, 11) is 0. The number of aliphatic carboxylic acids is 1. The highest BCUT2D eigenvalue weighted by Gasteiger charge is 2.44. The molecule has 2 aliphatic heterocycles. The number of amides is 2. The van der Waals surface area contributed by atoms with E-state index in [0.717, 1.165) is 5.56 Å². The first-order valence-corrected chi connectivity index (χ1v) is 8.09. The smallest absolute Gasteiger partial charge is 0.303 e. The maximum Gasteiger partial charge on any atom is 0.303 e. The molecule has 0 bridgehead atoms. The fourth-order valence-electron chi connectivity index (χ4n) is 3.23. The third-order valence-corrected chi connectivity index (χ3v) is 4.55. The molecule has 0 aliphatic carbocycles. The number of likely N-dealkylation sites (tertiary alicyclic amines) is 1. The molecule has 0 unspecified atom stereocenters. The van der Waals surface area contributed by atoms with Gasteiger partial charge in [0.1, 0.15) is 12.4 Å². The minimum atomic E-state index is -1.02. The van der Waals surface area contributed by atoms with E-state index in [1.54, 1.807) is 21.9 Å². The predicted molar refractivity (Wildman–Crippen MR) is 83.9 cm³/mol. The second kappa shape index (κ2) is 7.18. The molecule has 1 aromatic carbocycles. The fourth-order valence-corrected chi connectivity index (χ4v) is 3.23. The van der Waals surface area contributed by atoms with Crippen LogP contribution in [0.5, 0.6) is 0 Å². The lowest BCUT2D eigenvalue weighted by Crippen LogP contribution is -2.53. The molecule has 2 aliphatic rings. The molecule has 134 valence electrons. The molecule has 1 aromatic rings. The molecule has 2 saturated heterocycles. The number of hydrogen-bond acceptors (Lipinski definition) is 4. The van der Waals surface area contributed by atoms with Gasteiger partial charge in [-0.1, -0.05) is 12.1 Å². The summed E-state index contributed by atoms with van der Waals surface area (Å²) in [6.07, 6.45) is -0.573. The number of hydrogen-bond donors (Lipinski definition) is 1. The average molecular weight is 350 g/mol. The van der Waals surface area contributed by atoms with Gasteiger partial charge in [0.05, 0.1) is 18.6 Å². The number of nitrogens with zero attached hydrogens (tertiary/aromatic N) is 2. The minimum Gasteiger partial charge on any atom is -0.481 e. The van der Waals surface area contributed by atoms with Gasteiger partial charge < -0.3 is 19.6 Å². The summed E-state index contributed by atoms with van der Waals surface area (Å²) in [5, 5.41) is 8.70. The summed E-state index contributed by atoms with van der Waals surface area (Å²) >= 11 is 0. The van der Waals surface area contributed by atoms with E-state index in [1.165, 1.54) is 12.1 Å². The van der Waals surface area contributed by atoms with Crippen LogP contribution in [0.3, 0.4) is 0 Å². The molecule has 0 radical (unpaired) electrons. The highest BCUT2D eigenvalue weighted by molar-refractivity contribution is 5.82. The zero-order valence-electron chi connectivity index (χ0n) is 13.6. The minimum absolute atomic E-state index is 0.0560. The summed E-state index contributed by atoms with van der Waals surface area (Å²) in [6.45, 7) is 0.923. The number of carbonyl (C=O) groups excluding carboxylic acids is 2. The Hall–Kier alpha value is -2.48. The zero-order valence-corrected chi connectivity index (χ0v) is 13.6. The lowest BCUT2D eigenvalue weighted by atomic mass is 10.1. The maximum absolute atomic E-state index is 13.0. The van der Waals surface area contributed by atoms with Crippen LogP contribution in [0.1, 0.15) is 18.4 Å². The lowest BCUT2D eigenvalue weighted by molar-refractivity contribution is -0.153. The van der Waals surface area contributed by atoms with E-state index in [2.05, 4.69) is 0 Å². The van der Waals surface area contributed by atoms with Gasteiger partial charge in [0.25, 0.3) is 0 Å². The van der Waals surface area contributed by atoms with Crippen molar-refractivity contribution in [3.05, 3.63) is 35.6 Å². The standard InChI is InChI=1S/C17H19FN2O5/c18-12-3-1-11(2-4-12)7-20-13-8-19(15(21)5-6-17(23)24)9-14(13)25-10-16(20)22/h1-4,13-14H,5-10H2,(H,23,24)/t13-,14+/m1/s1. The van der Waals surface area contributed by atoms with Crippen molar-refractivity contribution in [1.29, 1.82) is 0 Å². The Morgan fingerprint density at radius 2 is 1.92 bits per heavy atom. The molecule has 7 nitrogen and oxygen atoms in total. The SMILES string of the molecule is O=C(O)CCC(=O)N1C[C@@H]2OCC(=O)N(Cc3ccc(F)cc3)[C@@H]2C1. The monoisotopic (exact) mass is 350 g/mol. The van der Waals surface area contributed by atoms with Crippen LogP contribution in [-0.4, -0.2) is 64.5 Å². The van der Waals surface area contributed by atoms with Crippen molar-refractivity contribution in [3.8, 4) is 0 Å². The Bertz CT molecular complexity index is 678. The first-order valence-electron chi connectivity index (χ1n) is 8.09. The van der Waals surface area contributed by atoms with Gasteiger partial charge in [-0.15, -0.1) is 0 Å². The largest absolute Gasteiger partial charge is 0.481 e. The van der Waals surface area contributed by atoms with E-state index in [9.17, 15) is 18.8 Å². The van der Waals surface area contributed by atoms with Crippen LogP contribution in [0.2, 0.25) is 0 Å². The fraction of sp³-hybridized carbons (Fsp3) is 0.471. The van der Waals surface area contributed by atoms with Crippen molar-refractivity contribution in [2.45, 2.75) is 31.5 Å². The molecule has 2 amide bonds. The van der Waals surface area contributed by atoms with E-state index in [-0.39, 0.29) is 49.2 Å². The number of carbonyl (C=O) groups is 3. The molecule has 2 atom stereocenters. The van der Waals surface area contributed by atoms with Crippen molar-refractivity contribution in [2.75, 3.05) is 19.7 Å². The van der Waals surface area contributed by atoms with Crippen LogP contribution in [0.4, 0.5) is 4.39 Å². The van der Waals surface area contributed by atoms with Crippen LogP contribution < -0.4 is 0 Å².